The Balaban J connectivity index is 2.04. The molecule has 1 aromatic rings. The first-order valence-electron chi connectivity index (χ1n) is 5.75. The van der Waals surface area contributed by atoms with Gasteiger partial charge in [0.15, 0.2) is 0 Å². The average Bonchev–Trinajstić information content (AvgIpc) is 2.81. The molecule has 1 saturated heterocycles. The minimum absolute atomic E-state index is 0.252. The lowest BCUT2D eigenvalue weighted by molar-refractivity contribution is -0.00624. The van der Waals surface area contributed by atoms with E-state index in [1.807, 2.05) is 13.0 Å². The fourth-order valence-corrected chi connectivity index (χ4v) is 1.92. The van der Waals surface area contributed by atoms with E-state index in [4.69, 9.17) is 15.2 Å². The van der Waals surface area contributed by atoms with Crippen LogP contribution in [-0.4, -0.2) is 37.5 Å². The lowest BCUT2D eigenvalue weighted by Crippen LogP contribution is -2.39. The van der Waals surface area contributed by atoms with Gasteiger partial charge >= 0.3 is 0 Å². The van der Waals surface area contributed by atoms with Gasteiger partial charge in [-0.3, -0.25) is 0 Å². The highest BCUT2D eigenvalue weighted by atomic mass is 16.5. The standard InChI is InChI=1S/C12H19N3O2/c1-9-3-5-14-11(10(9)13)15-7-12(16-2)4-6-17-8-12/h3,5H,4,6-8,13H2,1-2H3,(H,14,15). The summed E-state index contributed by atoms with van der Waals surface area (Å²) >= 11 is 0. The van der Waals surface area contributed by atoms with Crippen molar-refractivity contribution < 1.29 is 9.47 Å². The molecule has 2 rings (SSSR count). The molecular formula is C12H19N3O2. The number of aryl methyl sites for hydroxylation is 1. The van der Waals surface area contributed by atoms with Crippen LogP contribution in [0.4, 0.5) is 11.5 Å². The summed E-state index contributed by atoms with van der Waals surface area (Å²) in [5.41, 5.74) is 7.42. The second-order valence-electron chi connectivity index (χ2n) is 4.43. The monoisotopic (exact) mass is 237 g/mol. The highest BCUT2D eigenvalue weighted by Crippen LogP contribution is 2.25. The van der Waals surface area contributed by atoms with E-state index in [0.717, 1.165) is 18.6 Å². The number of pyridine rings is 1. The van der Waals surface area contributed by atoms with Gasteiger partial charge in [0.05, 0.1) is 12.3 Å². The molecule has 0 spiro atoms. The molecular weight excluding hydrogens is 218 g/mol. The maximum absolute atomic E-state index is 5.95. The van der Waals surface area contributed by atoms with Gasteiger partial charge in [0.1, 0.15) is 11.4 Å². The van der Waals surface area contributed by atoms with Crippen LogP contribution in [0.25, 0.3) is 0 Å². The Labute approximate surface area is 101 Å². The van der Waals surface area contributed by atoms with Crippen LogP contribution in [0.3, 0.4) is 0 Å². The molecule has 1 atom stereocenters. The van der Waals surface area contributed by atoms with E-state index < -0.39 is 0 Å². The summed E-state index contributed by atoms with van der Waals surface area (Å²) in [6, 6.07) is 1.89. The van der Waals surface area contributed by atoms with Crippen LogP contribution in [0.1, 0.15) is 12.0 Å². The highest BCUT2D eigenvalue weighted by molar-refractivity contribution is 5.64. The van der Waals surface area contributed by atoms with Crippen molar-refractivity contribution in [3.05, 3.63) is 17.8 Å². The van der Waals surface area contributed by atoms with Gasteiger partial charge < -0.3 is 20.5 Å². The Kier molecular flexibility index (Phi) is 3.49. The van der Waals surface area contributed by atoms with Gasteiger partial charge in [0.2, 0.25) is 0 Å². The molecule has 1 aliphatic heterocycles. The lowest BCUT2D eigenvalue weighted by atomic mass is 10.0. The van der Waals surface area contributed by atoms with Crippen LogP contribution in [0.5, 0.6) is 0 Å². The van der Waals surface area contributed by atoms with E-state index in [0.29, 0.717) is 24.7 Å². The summed E-state index contributed by atoms with van der Waals surface area (Å²) < 4.78 is 10.9. The van der Waals surface area contributed by atoms with Crippen molar-refractivity contribution in [2.75, 3.05) is 37.9 Å². The van der Waals surface area contributed by atoms with Crippen LogP contribution >= 0.6 is 0 Å². The summed E-state index contributed by atoms with van der Waals surface area (Å²) in [5.74, 6) is 0.716. The Morgan fingerprint density at radius 3 is 3.12 bits per heavy atom. The van der Waals surface area contributed by atoms with Crippen LogP contribution in [0.15, 0.2) is 12.3 Å². The van der Waals surface area contributed by atoms with Crippen molar-refractivity contribution >= 4 is 11.5 Å². The third-order valence-corrected chi connectivity index (χ3v) is 3.29. The quantitative estimate of drug-likeness (QED) is 0.823. The van der Waals surface area contributed by atoms with Crippen LogP contribution in [0.2, 0.25) is 0 Å². The molecule has 17 heavy (non-hydrogen) atoms. The predicted molar refractivity (Wildman–Crippen MR) is 67.1 cm³/mol. The average molecular weight is 237 g/mol. The van der Waals surface area contributed by atoms with Crippen molar-refractivity contribution in [3.8, 4) is 0 Å². The fourth-order valence-electron chi connectivity index (χ4n) is 1.92. The minimum Gasteiger partial charge on any atom is -0.396 e. The van der Waals surface area contributed by atoms with Crippen LogP contribution in [-0.2, 0) is 9.47 Å². The van der Waals surface area contributed by atoms with Gasteiger partial charge in [-0.05, 0) is 18.6 Å². The Hall–Kier alpha value is -1.33. The highest BCUT2D eigenvalue weighted by Gasteiger charge is 2.34. The first kappa shape index (κ1) is 12.1. The Bertz CT molecular complexity index is 389. The van der Waals surface area contributed by atoms with Crippen LogP contribution < -0.4 is 11.1 Å². The number of anilines is 2. The van der Waals surface area contributed by atoms with E-state index in [2.05, 4.69) is 10.3 Å². The third kappa shape index (κ3) is 2.50. The number of nitrogens with two attached hydrogens (primary N) is 1. The molecule has 0 aromatic carbocycles. The van der Waals surface area contributed by atoms with E-state index in [-0.39, 0.29) is 5.60 Å². The third-order valence-electron chi connectivity index (χ3n) is 3.29. The SMILES string of the molecule is COC1(CNc2nccc(C)c2N)CCOC1. The van der Waals surface area contributed by atoms with Gasteiger partial charge in [-0.15, -0.1) is 0 Å². The Morgan fingerprint density at radius 1 is 1.65 bits per heavy atom. The molecule has 0 aliphatic carbocycles. The molecule has 1 aliphatic rings. The number of nitrogen functional groups attached to an aromatic ring is 1. The smallest absolute Gasteiger partial charge is 0.149 e. The summed E-state index contributed by atoms with van der Waals surface area (Å²) in [6.45, 7) is 3.98. The minimum atomic E-state index is -0.252. The zero-order valence-corrected chi connectivity index (χ0v) is 10.3. The summed E-state index contributed by atoms with van der Waals surface area (Å²) in [7, 11) is 1.71. The summed E-state index contributed by atoms with van der Waals surface area (Å²) in [5, 5.41) is 3.25. The molecule has 1 aromatic heterocycles. The van der Waals surface area contributed by atoms with Gasteiger partial charge in [-0.2, -0.15) is 0 Å². The largest absolute Gasteiger partial charge is 0.396 e. The maximum atomic E-state index is 5.95. The normalized spacial score (nSPS) is 23.9. The second kappa shape index (κ2) is 4.89. The van der Waals surface area contributed by atoms with Crippen molar-refractivity contribution in [1.29, 1.82) is 0 Å². The zero-order valence-electron chi connectivity index (χ0n) is 10.3. The number of aromatic nitrogens is 1. The van der Waals surface area contributed by atoms with Crippen molar-refractivity contribution in [2.24, 2.45) is 0 Å². The lowest BCUT2D eigenvalue weighted by Gasteiger charge is -2.26. The van der Waals surface area contributed by atoms with E-state index >= 15 is 0 Å². The number of ether oxygens (including phenoxy) is 2. The predicted octanol–water partition coefficient (Wildman–Crippen LogP) is 1.19. The number of hydrogen-bond acceptors (Lipinski definition) is 5. The number of nitrogens with zero attached hydrogens (tertiary/aromatic N) is 1. The second-order valence-corrected chi connectivity index (χ2v) is 4.43. The molecule has 0 amide bonds. The van der Waals surface area contributed by atoms with E-state index in [9.17, 15) is 0 Å². The molecule has 94 valence electrons. The Morgan fingerprint density at radius 2 is 2.47 bits per heavy atom. The number of methoxy groups -OCH3 is 1. The van der Waals surface area contributed by atoms with Crippen molar-refractivity contribution in [2.45, 2.75) is 18.9 Å². The van der Waals surface area contributed by atoms with Crippen molar-refractivity contribution in [3.63, 3.8) is 0 Å². The van der Waals surface area contributed by atoms with Gasteiger partial charge in [-0.1, -0.05) is 0 Å². The van der Waals surface area contributed by atoms with Gasteiger partial charge in [0.25, 0.3) is 0 Å². The van der Waals surface area contributed by atoms with Gasteiger partial charge in [-0.25, -0.2) is 4.98 Å². The number of hydrogen-bond donors (Lipinski definition) is 2. The number of nitrogens with one attached hydrogen (secondary N) is 1. The first-order valence-corrected chi connectivity index (χ1v) is 5.75. The fraction of sp³-hybridized carbons (Fsp3) is 0.583. The zero-order chi connectivity index (χ0) is 12.3. The molecule has 1 unspecified atom stereocenters. The molecule has 5 nitrogen and oxygen atoms in total. The molecule has 0 saturated carbocycles. The molecule has 3 N–H and O–H groups in total. The first-order chi connectivity index (χ1) is 8.17. The molecule has 1 fully saturated rings. The molecule has 2 heterocycles. The summed E-state index contributed by atoms with van der Waals surface area (Å²) in [4.78, 5) is 4.23. The topological polar surface area (TPSA) is 69.4 Å². The molecule has 5 heteroatoms. The summed E-state index contributed by atoms with van der Waals surface area (Å²) in [6.07, 6.45) is 2.64. The van der Waals surface area contributed by atoms with Crippen molar-refractivity contribution in [1.82, 2.24) is 4.98 Å². The maximum Gasteiger partial charge on any atom is 0.149 e. The van der Waals surface area contributed by atoms with E-state index in [1.165, 1.54) is 0 Å². The van der Waals surface area contributed by atoms with Crippen LogP contribution in [0, 0.1) is 6.92 Å². The number of rotatable bonds is 4. The van der Waals surface area contributed by atoms with Gasteiger partial charge in [0, 0.05) is 32.9 Å². The molecule has 0 radical (unpaired) electrons. The molecule has 0 bridgehead atoms. The van der Waals surface area contributed by atoms with E-state index in [1.54, 1.807) is 13.3 Å².